The molecule has 3 aromatic rings. The van der Waals surface area contributed by atoms with Crippen molar-refractivity contribution in [1.82, 2.24) is 0 Å². The van der Waals surface area contributed by atoms with Crippen LogP contribution in [0.25, 0.3) is 5.76 Å². The van der Waals surface area contributed by atoms with Crippen LogP contribution in [0.2, 0.25) is 5.02 Å². The SMILES string of the molecule is COc1ccc([C@H]2/C(=C(\O)c3ccc(Cl)cc3)C(=O)C(=O)N2c2cccc(C(=O)O)c2)cc1. The van der Waals surface area contributed by atoms with E-state index in [1.54, 1.807) is 48.5 Å². The number of aliphatic hydroxyl groups is 1. The largest absolute Gasteiger partial charge is 0.507 e. The lowest BCUT2D eigenvalue weighted by Gasteiger charge is -2.25. The standard InChI is InChI=1S/C25H18ClNO6/c1-33-19-11-7-14(8-12-19)21-20(22(28)15-5-9-17(26)10-6-15)23(29)24(30)27(21)18-4-2-3-16(13-18)25(31)32/h2-13,21,28H,1H3,(H,31,32)/b22-20+/t21-/m0/s1. The smallest absolute Gasteiger partial charge is 0.335 e. The molecular weight excluding hydrogens is 446 g/mol. The van der Waals surface area contributed by atoms with Gasteiger partial charge in [0.05, 0.1) is 24.3 Å². The number of nitrogens with zero attached hydrogens (tertiary/aromatic N) is 1. The Morgan fingerprint density at radius 3 is 2.21 bits per heavy atom. The number of carbonyl (C=O) groups is 3. The average molecular weight is 464 g/mol. The number of hydrogen-bond acceptors (Lipinski definition) is 5. The number of hydrogen-bond donors (Lipinski definition) is 2. The number of aromatic carboxylic acids is 1. The van der Waals surface area contributed by atoms with Crippen molar-refractivity contribution in [3.8, 4) is 5.75 Å². The first-order valence-electron chi connectivity index (χ1n) is 9.86. The quantitative estimate of drug-likeness (QED) is 0.323. The molecule has 0 aliphatic carbocycles. The molecule has 0 radical (unpaired) electrons. The number of carbonyl (C=O) groups excluding carboxylic acids is 2. The fraction of sp³-hybridized carbons (Fsp3) is 0.0800. The maximum atomic E-state index is 13.1. The Balaban J connectivity index is 1.94. The van der Waals surface area contributed by atoms with Gasteiger partial charge in [0.15, 0.2) is 0 Å². The van der Waals surface area contributed by atoms with Crippen LogP contribution in [-0.2, 0) is 9.59 Å². The molecule has 33 heavy (non-hydrogen) atoms. The lowest BCUT2D eigenvalue weighted by atomic mass is 9.95. The molecule has 8 heteroatoms. The third-order valence-corrected chi connectivity index (χ3v) is 5.62. The van der Waals surface area contributed by atoms with Gasteiger partial charge in [-0.05, 0) is 60.2 Å². The number of rotatable bonds is 5. The van der Waals surface area contributed by atoms with Gasteiger partial charge < -0.3 is 14.9 Å². The number of carboxylic acid groups (broad SMARTS) is 1. The third kappa shape index (κ3) is 4.06. The summed E-state index contributed by atoms with van der Waals surface area (Å²) in [6.07, 6.45) is 0. The van der Waals surface area contributed by atoms with Crippen molar-refractivity contribution < 1.29 is 29.3 Å². The summed E-state index contributed by atoms with van der Waals surface area (Å²) in [7, 11) is 1.51. The third-order valence-electron chi connectivity index (χ3n) is 5.36. The minimum Gasteiger partial charge on any atom is -0.507 e. The Labute approximate surface area is 194 Å². The maximum Gasteiger partial charge on any atom is 0.335 e. The molecule has 166 valence electrons. The van der Waals surface area contributed by atoms with Gasteiger partial charge in [0, 0.05) is 16.3 Å². The van der Waals surface area contributed by atoms with E-state index in [1.807, 2.05) is 0 Å². The first kappa shape index (κ1) is 22.1. The topological polar surface area (TPSA) is 104 Å². The number of aliphatic hydroxyl groups excluding tert-OH is 1. The molecule has 2 N–H and O–H groups in total. The van der Waals surface area contributed by atoms with Gasteiger partial charge in [0.1, 0.15) is 11.5 Å². The van der Waals surface area contributed by atoms with Gasteiger partial charge >= 0.3 is 5.97 Å². The van der Waals surface area contributed by atoms with Crippen LogP contribution < -0.4 is 9.64 Å². The fourth-order valence-electron chi connectivity index (χ4n) is 3.75. The summed E-state index contributed by atoms with van der Waals surface area (Å²) in [5.41, 5.74) is 0.906. The van der Waals surface area contributed by atoms with E-state index < -0.39 is 23.7 Å². The number of ether oxygens (including phenoxy) is 1. The van der Waals surface area contributed by atoms with Crippen LogP contribution in [0.15, 0.2) is 78.4 Å². The Morgan fingerprint density at radius 2 is 1.61 bits per heavy atom. The Kier molecular flexibility index (Phi) is 5.89. The zero-order chi connectivity index (χ0) is 23.7. The van der Waals surface area contributed by atoms with Crippen molar-refractivity contribution in [2.45, 2.75) is 6.04 Å². The molecule has 0 bridgehead atoms. The second-order valence-electron chi connectivity index (χ2n) is 7.30. The molecule has 1 amide bonds. The van der Waals surface area contributed by atoms with Gasteiger partial charge in [0.25, 0.3) is 11.7 Å². The van der Waals surface area contributed by atoms with Crippen LogP contribution >= 0.6 is 11.6 Å². The Hall–Kier alpha value is -4.10. The minimum absolute atomic E-state index is 0.0411. The molecule has 1 saturated heterocycles. The summed E-state index contributed by atoms with van der Waals surface area (Å²) in [5.74, 6) is -2.72. The lowest BCUT2D eigenvalue weighted by Crippen LogP contribution is -2.29. The molecule has 0 unspecified atom stereocenters. The van der Waals surface area contributed by atoms with Crippen molar-refractivity contribution in [1.29, 1.82) is 0 Å². The predicted octanol–water partition coefficient (Wildman–Crippen LogP) is 4.67. The van der Waals surface area contributed by atoms with E-state index in [2.05, 4.69) is 0 Å². The highest BCUT2D eigenvalue weighted by atomic mass is 35.5. The number of Topliss-reactive ketones (excluding diaryl/α,β-unsaturated/α-hetero) is 1. The molecule has 1 fully saturated rings. The second kappa shape index (κ2) is 8.80. The van der Waals surface area contributed by atoms with Crippen LogP contribution in [0.1, 0.15) is 27.5 Å². The number of anilines is 1. The van der Waals surface area contributed by atoms with Crippen LogP contribution in [0.3, 0.4) is 0 Å². The molecule has 1 aliphatic rings. The number of ketones is 1. The van der Waals surface area contributed by atoms with Crippen LogP contribution in [-0.4, -0.2) is 35.0 Å². The van der Waals surface area contributed by atoms with E-state index in [9.17, 15) is 24.6 Å². The van der Waals surface area contributed by atoms with Crippen LogP contribution in [0, 0.1) is 0 Å². The average Bonchev–Trinajstić information content (AvgIpc) is 3.09. The van der Waals surface area contributed by atoms with Gasteiger partial charge in [-0.3, -0.25) is 14.5 Å². The summed E-state index contributed by atoms with van der Waals surface area (Å²) in [5, 5.41) is 20.9. The predicted molar refractivity (Wildman–Crippen MR) is 123 cm³/mol. The van der Waals surface area contributed by atoms with Gasteiger partial charge in [-0.2, -0.15) is 0 Å². The molecule has 1 atom stereocenters. The molecule has 0 aromatic heterocycles. The molecule has 7 nitrogen and oxygen atoms in total. The zero-order valence-electron chi connectivity index (χ0n) is 17.4. The highest BCUT2D eigenvalue weighted by Gasteiger charge is 2.47. The summed E-state index contributed by atoms with van der Waals surface area (Å²) in [6, 6.07) is 17.6. The molecule has 3 aromatic carbocycles. The Morgan fingerprint density at radius 1 is 0.939 bits per heavy atom. The van der Waals surface area contributed by atoms with Gasteiger partial charge in [-0.25, -0.2) is 4.79 Å². The molecular formula is C25H18ClNO6. The monoisotopic (exact) mass is 463 g/mol. The van der Waals surface area contributed by atoms with E-state index in [0.717, 1.165) is 0 Å². The molecule has 1 aliphatic heterocycles. The number of carboxylic acids is 1. The van der Waals surface area contributed by atoms with Gasteiger partial charge in [0.2, 0.25) is 0 Å². The summed E-state index contributed by atoms with van der Waals surface area (Å²) < 4.78 is 5.20. The number of halogens is 1. The summed E-state index contributed by atoms with van der Waals surface area (Å²) in [4.78, 5) is 38.9. The van der Waals surface area contributed by atoms with Gasteiger partial charge in [-0.1, -0.05) is 29.8 Å². The number of amides is 1. The fourth-order valence-corrected chi connectivity index (χ4v) is 3.88. The first-order chi connectivity index (χ1) is 15.8. The lowest BCUT2D eigenvalue weighted by molar-refractivity contribution is -0.132. The van der Waals surface area contributed by atoms with Crippen molar-refractivity contribution in [3.63, 3.8) is 0 Å². The highest BCUT2D eigenvalue weighted by Crippen LogP contribution is 2.42. The minimum atomic E-state index is -1.17. The van der Waals surface area contributed by atoms with Crippen molar-refractivity contribution in [3.05, 3.63) is 100 Å². The summed E-state index contributed by atoms with van der Waals surface area (Å²) in [6.45, 7) is 0. The molecule has 1 heterocycles. The van der Waals surface area contributed by atoms with E-state index in [0.29, 0.717) is 21.9 Å². The van der Waals surface area contributed by atoms with Crippen molar-refractivity contribution in [2.24, 2.45) is 0 Å². The van der Waals surface area contributed by atoms with E-state index in [1.165, 1.54) is 36.3 Å². The van der Waals surface area contributed by atoms with E-state index in [-0.39, 0.29) is 22.6 Å². The van der Waals surface area contributed by atoms with E-state index in [4.69, 9.17) is 16.3 Å². The molecule has 4 rings (SSSR count). The number of benzene rings is 3. The number of methoxy groups -OCH3 is 1. The highest BCUT2D eigenvalue weighted by molar-refractivity contribution is 6.51. The second-order valence-corrected chi connectivity index (χ2v) is 7.74. The zero-order valence-corrected chi connectivity index (χ0v) is 18.1. The van der Waals surface area contributed by atoms with E-state index >= 15 is 0 Å². The summed E-state index contributed by atoms with van der Waals surface area (Å²) >= 11 is 5.94. The van der Waals surface area contributed by atoms with Crippen LogP contribution in [0.5, 0.6) is 5.75 Å². The normalized spacial score (nSPS) is 17.3. The Bertz CT molecular complexity index is 1280. The van der Waals surface area contributed by atoms with Crippen LogP contribution in [0.4, 0.5) is 5.69 Å². The maximum absolute atomic E-state index is 13.1. The first-order valence-corrected chi connectivity index (χ1v) is 10.2. The molecule has 0 spiro atoms. The molecule has 0 saturated carbocycles. The van der Waals surface area contributed by atoms with Crippen molar-refractivity contribution in [2.75, 3.05) is 12.0 Å². The van der Waals surface area contributed by atoms with Gasteiger partial charge in [-0.15, -0.1) is 0 Å². The van der Waals surface area contributed by atoms with Crippen molar-refractivity contribution >= 4 is 40.7 Å².